The molecule has 0 saturated carbocycles. The minimum absolute atomic E-state index is 0.130. The highest BCUT2D eigenvalue weighted by atomic mass is 16.4. The molecule has 0 rings (SSSR count). The summed E-state index contributed by atoms with van der Waals surface area (Å²) in [4.78, 5) is 10.6. The Kier molecular flexibility index (Phi) is 6.82. The average molecular weight is 171 g/mol. The molecule has 2 nitrogen and oxygen atoms in total. The summed E-state index contributed by atoms with van der Waals surface area (Å²) in [6.07, 6.45) is 5.80. The van der Waals surface area contributed by atoms with Crippen LogP contribution in [0.3, 0.4) is 0 Å². The largest absolute Gasteiger partial charge is 0.481 e. The summed E-state index contributed by atoms with van der Waals surface area (Å²) >= 11 is 0. The number of carbonyl (C=O) groups is 1. The number of rotatable bonds is 7. The molecule has 0 bridgehead atoms. The maximum Gasteiger partial charge on any atom is 0.306 e. The van der Waals surface area contributed by atoms with Crippen molar-refractivity contribution in [1.82, 2.24) is 0 Å². The van der Waals surface area contributed by atoms with Gasteiger partial charge in [-0.15, -0.1) is 0 Å². The first kappa shape index (κ1) is 11.5. The fourth-order valence-corrected chi connectivity index (χ4v) is 1.25. The van der Waals surface area contributed by atoms with E-state index in [1.807, 2.05) is 6.92 Å². The number of hydrogen-bond donors (Lipinski definition) is 1. The molecule has 0 aliphatic heterocycles. The molecule has 1 radical (unpaired) electrons. The van der Waals surface area contributed by atoms with Crippen molar-refractivity contribution in [1.29, 1.82) is 0 Å². The second-order valence-electron chi connectivity index (χ2n) is 3.15. The maximum atomic E-state index is 10.6. The molecule has 1 unspecified atom stereocenters. The monoisotopic (exact) mass is 171 g/mol. The summed E-state index contributed by atoms with van der Waals surface area (Å²) in [5, 5.41) is 8.72. The minimum atomic E-state index is -0.646. The molecular formula is C10H19O2. The Hall–Kier alpha value is -0.530. The molecule has 0 aliphatic rings. The van der Waals surface area contributed by atoms with Crippen LogP contribution in [-0.4, -0.2) is 11.1 Å². The van der Waals surface area contributed by atoms with Gasteiger partial charge in [-0.25, -0.2) is 0 Å². The van der Waals surface area contributed by atoms with Crippen molar-refractivity contribution in [2.75, 3.05) is 0 Å². The normalized spacial score (nSPS) is 12.8. The Labute approximate surface area is 75.0 Å². The van der Waals surface area contributed by atoms with Crippen molar-refractivity contribution in [3.63, 3.8) is 0 Å². The van der Waals surface area contributed by atoms with Crippen LogP contribution in [0.2, 0.25) is 0 Å². The van der Waals surface area contributed by atoms with Gasteiger partial charge in [0.25, 0.3) is 0 Å². The molecule has 0 aromatic carbocycles. The molecule has 1 N–H and O–H groups in total. The summed E-state index contributed by atoms with van der Waals surface area (Å²) in [7, 11) is 0. The van der Waals surface area contributed by atoms with Gasteiger partial charge in [0.15, 0.2) is 0 Å². The van der Waals surface area contributed by atoms with Crippen molar-refractivity contribution < 1.29 is 9.90 Å². The van der Waals surface area contributed by atoms with Gasteiger partial charge in [-0.3, -0.25) is 4.79 Å². The molecule has 12 heavy (non-hydrogen) atoms. The Balaban J connectivity index is 3.38. The van der Waals surface area contributed by atoms with Crippen LogP contribution in [0.4, 0.5) is 0 Å². The topological polar surface area (TPSA) is 37.3 Å². The molecular weight excluding hydrogens is 152 g/mol. The van der Waals surface area contributed by atoms with Crippen molar-refractivity contribution >= 4 is 5.97 Å². The molecule has 0 heterocycles. The second kappa shape index (κ2) is 7.14. The lowest BCUT2D eigenvalue weighted by molar-refractivity contribution is -0.142. The van der Waals surface area contributed by atoms with Gasteiger partial charge in [-0.05, 0) is 12.8 Å². The zero-order valence-electron chi connectivity index (χ0n) is 7.88. The van der Waals surface area contributed by atoms with Crippen LogP contribution in [0.15, 0.2) is 0 Å². The van der Waals surface area contributed by atoms with Crippen LogP contribution < -0.4 is 0 Å². The molecule has 71 valence electrons. The fraction of sp³-hybridized carbons (Fsp3) is 0.800. The Morgan fingerprint density at radius 2 is 2.08 bits per heavy atom. The van der Waals surface area contributed by atoms with Gasteiger partial charge < -0.3 is 5.11 Å². The molecule has 1 atom stereocenters. The SMILES string of the molecule is [CH2]CCCCCC(CC)C(=O)O. The molecule has 0 aliphatic carbocycles. The third-order valence-corrected chi connectivity index (χ3v) is 2.14. The molecule has 0 fully saturated rings. The first-order chi connectivity index (χ1) is 5.72. The van der Waals surface area contributed by atoms with Gasteiger partial charge in [0, 0.05) is 0 Å². The zero-order valence-corrected chi connectivity index (χ0v) is 7.88. The lowest BCUT2D eigenvalue weighted by Gasteiger charge is -2.08. The molecule has 2 heteroatoms. The third kappa shape index (κ3) is 5.16. The summed E-state index contributed by atoms with van der Waals surface area (Å²) in [6.45, 7) is 5.67. The average Bonchev–Trinajstić information content (AvgIpc) is 2.04. The van der Waals surface area contributed by atoms with Gasteiger partial charge >= 0.3 is 5.97 Å². The second-order valence-corrected chi connectivity index (χ2v) is 3.15. The smallest absolute Gasteiger partial charge is 0.306 e. The highest BCUT2D eigenvalue weighted by molar-refractivity contribution is 5.69. The summed E-state index contributed by atoms with van der Waals surface area (Å²) in [6, 6.07) is 0. The zero-order chi connectivity index (χ0) is 9.40. The van der Waals surface area contributed by atoms with Crippen molar-refractivity contribution in [2.24, 2.45) is 5.92 Å². The van der Waals surface area contributed by atoms with Crippen LogP contribution in [-0.2, 0) is 4.79 Å². The Bertz CT molecular complexity index is 121. The van der Waals surface area contributed by atoms with E-state index in [0.717, 1.165) is 38.5 Å². The van der Waals surface area contributed by atoms with Gasteiger partial charge in [0.1, 0.15) is 0 Å². The van der Waals surface area contributed by atoms with Crippen LogP contribution in [0.25, 0.3) is 0 Å². The van der Waals surface area contributed by atoms with Crippen LogP contribution in [0.5, 0.6) is 0 Å². The number of aliphatic carboxylic acids is 1. The van der Waals surface area contributed by atoms with E-state index in [0.29, 0.717) is 0 Å². The molecule has 0 spiro atoms. The minimum Gasteiger partial charge on any atom is -0.481 e. The van der Waals surface area contributed by atoms with Crippen LogP contribution >= 0.6 is 0 Å². The van der Waals surface area contributed by atoms with Gasteiger partial charge in [-0.1, -0.05) is 39.5 Å². The first-order valence-electron chi connectivity index (χ1n) is 4.74. The molecule has 0 aromatic rings. The Morgan fingerprint density at radius 1 is 1.42 bits per heavy atom. The van der Waals surface area contributed by atoms with E-state index in [1.54, 1.807) is 0 Å². The lowest BCUT2D eigenvalue weighted by Crippen LogP contribution is -2.12. The van der Waals surface area contributed by atoms with E-state index in [1.165, 1.54) is 0 Å². The number of carboxylic acid groups (broad SMARTS) is 1. The molecule has 0 saturated heterocycles. The van der Waals surface area contributed by atoms with Gasteiger partial charge in [0.2, 0.25) is 0 Å². The number of unbranched alkanes of at least 4 members (excludes halogenated alkanes) is 3. The van der Waals surface area contributed by atoms with Crippen molar-refractivity contribution in [2.45, 2.75) is 45.4 Å². The van der Waals surface area contributed by atoms with E-state index >= 15 is 0 Å². The fourth-order valence-electron chi connectivity index (χ4n) is 1.25. The maximum absolute atomic E-state index is 10.6. The van der Waals surface area contributed by atoms with Crippen LogP contribution in [0.1, 0.15) is 45.4 Å². The quantitative estimate of drug-likeness (QED) is 0.598. The van der Waals surface area contributed by atoms with E-state index in [9.17, 15) is 4.79 Å². The number of hydrogen-bond acceptors (Lipinski definition) is 1. The van der Waals surface area contributed by atoms with E-state index in [2.05, 4.69) is 6.92 Å². The lowest BCUT2D eigenvalue weighted by atomic mass is 9.99. The Morgan fingerprint density at radius 3 is 2.50 bits per heavy atom. The number of carboxylic acids is 1. The van der Waals surface area contributed by atoms with E-state index < -0.39 is 5.97 Å². The highest BCUT2D eigenvalue weighted by Gasteiger charge is 2.13. The van der Waals surface area contributed by atoms with Gasteiger partial charge in [0.05, 0.1) is 5.92 Å². The molecule has 0 aromatic heterocycles. The highest BCUT2D eigenvalue weighted by Crippen LogP contribution is 2.13. The molecule has 0 amide bonds. The predicted octanol–water partition coefficient (Wildman–Crippen LogP) is 2.88. The van der Waals surface area contributed by atoms with E-state index in [4.69, 9.17) is 5.11 Å². The first-order valence-corrected chi connectivity index (χ1v) is 4.74. The standard InChI is InChI=1S/C10H19O2/c1-3-5-6-7-8-9(4-2)10(11)12/h9H,1,3-8H2,2H3,(H,11,12). The van der Waals surface area contributed by atoms with Gasteiger partial charge in [-0.2, -0.15) is 0 Å². The summed E-state index contributed by atoms with van der Waals surface area (Å²) in [5.41, 5.74) is 0. The third-order valence-electron chi connectivity index (χ3n) is 2.14. The van der Waals surface area contributed by atoms with Crippen molar-refractivity contribution in [3.8, 4) is 0 Å². The predicted molar refractivity (Wildman–Crippen MR) is 49.9 cm³/mol. The van der Waals surface area contributed by atoms with E-state index in [-0.39, 0.29) is 5.92 Å². The summed E-state index contributed by atoms with van der Waals surface area (Å²) in [5.74, 6) is -0.776. The van der Waals surface area contributed by atoms with Crippen LogP contribution in [0, 0.1) is 12.8 Å². The summed E-state index contributed by atoms with van der Waals surface area (Å²) < 4.78 is 0. The van der Waals surface area contributed by atoms with Crippen molar-refractivity contribution in [3.05, 3.63) is 6.92 Å².